The van der Waals surface area contributed by atoms with Gasteiger partial charge in [-0.3, -0.25) is 0 Å². The first-order valence-electron chi connectivity index (χ1n) is 4.83. The molecule has 0 radical (unpaired) electrons. The maximum absolute atomic E-state index is 13.5. The Hall–Kier alpha value is -1.98. The molecule has 0 aromatic carbocycles. The third-order valence-electron chi connectivity index (χ3n) is 2.27. The van der Waals surface area contributed by atoms with Gasteiger partial charge in [-0.15, -0.1) is 0 Å². The van der Waals surface area contributed by atoms with Crippen molar-refractivity contribution in [1.29, 1.82) is 0 Å². The minimum Gasteiger partial charge on any atom is -0.371 e. The van der Waals surface area contributed by atoms with Crippen molar-refractivity contribution in [2.24, 2.45) is 7.05 Å². The van der Waals surface area contributed by atoms with Crippen LogP contribution in [-0.2, 0) is 7.05 Å². The summed E-state index contributed by atoms with van der Waals surface area (Å²) in [6.45, 7) is 1.60. The van der Waals surface area contributed by atoms with Crippen LogP contribution in [0.5, 0.6) is 0 Å². The van der Waals surface area contributed by atoms with E-state index >= 15 is 0 Å². The first kappa shape index (κ1) is 10.5. The second-order valence-electron chi connectivity index (χ2n) is 3.41. The fourth-order valence-electron chi connectivity index (χ4n) is 1.41. The van der Waals surface area contributed by atoms with Gasteiger partial charge in [0.25, 0.3) is 0 Å². The minimum absolute atomic E-state index is 0.186. The van der Waals surface area contributed by atoms with Crippen molar-refractivity contribution in [1.82, 2.24) is 19.5 Å². The Bertz CT molecular complexity index is 520. The van der Waals surface area contributed by atoms with Crippen LogP contribution in [0.25, 0.3) is 11.6 Å². The van der Waals surface area contributed by atoms with Gasteiger partial charge in [0.15, 0.2) is 23.3 Å². The van der Waals surface area contributed by atoms with Gasteiger partial charge in [-0.05, 0) is 6.92 Å². The van der Waals surface area contributed by atoms with E-state index in [1.807, 2.05) is 7.05 Å². The van der Waals surface area contributed by atoms with Gasteiger partial charge < -0.3 is 9.88 Å². The van der Waals surface area contributed by atoms with Gasteiger partial charge >= 0.3 is 0 Å². The topological polar surface area (TPSA) is 55.6 Å². The largest absolute Gasteiger partial charge is 0.371 e. The second-order valence-corrected chi connectivity index (χ2v) is 3.41. The minimum atomic E-state index is -0.430. The zero-order chi connectivity index (χ0) is 11.7. The molecule has 0 saturated carbocycles. The summed E-state index contributed by atoms with van der Waals surface area (Å²) in [5.41, 5.74) is 0.303. The fraction of sp³-hybridized carbons (Fsp3) is 0.300. The van der Waals surface area contributed by atoms with Gasteiger partial charge in [-0.25, -0.2) is 19.3 Å². The van der Waals surface area contributed by atoms with Crippen LogP contribution in [-0.4, -0.2) is 26.6 Å². The van der Waals surface area contributed by atoms with Gasteiger partial charge in [0.1, 0.15) is 0 Å². The molecule has 5 nitrogen and oxygen atoms in total. The van der Waals surface area contributed by atoms with Gasteiger partial charge in [-0.1, -0.05) is 0 Å². The van der Waals surface area contributed by atoms with Crippen molar-refractivity contribution in [3.63, 3.8) is 0 Å². The number of aromatic nitrogens is 4. The van der Waals surface area contributed by atoms with Gasteiger partial charge in [0, 0.05) is 26.5 Å². The van der Waals surface area contributed by atoms with E-state index in [4.69, 9.17) is 0 Å². The number of aryl methyl sites for hydroxylation is 2. The van der Waals surface area contributed by atoms with E-state index < -0.39 is 5.82 Å². The molecule has 0 aliphatic rings. The molecule has 0 aliphatic carbocycles. The molecule has 2 heterocycles. The van der Waals surface area contributed by atoms with Crippen LogP contribution in [0.15, 0.2) is 12.4 Å². The lowest BCUT2D eigenvalue weighted by Gasteiger charge is -2.06. The summed E-state index contributed by atoms with van der Waals surface area (Å²) in [5, 5.41) is 2.69. The standard InChI is InChI=1S/C10H12FN5/c1-6-7(11)8(12-2)15-9(14-6)10-13-4-5-16(10)3/h4-5H,1-3H3,(H,12,14,15). The van der Waals surface area contributed by atoms with Crippen molar-refractivity contribution in [3.8, 4) is 11.6 Å². The Balaban J connectivity index is 2.59. The summed E-state index contributed by atoms with van der Waals surface area (Å²) < 4.78 is 15.3. The highest BCUT2D eigenvalue weighted by molar-refractivity contribution is 5.50. The van der Waals surface area contributed by atoms with E-state index in [0.29, 0.717) is 17.3 Å². The van der Waals surface area contributed by atoms with E-state index in [9.17, 15) is 4.39 Å². The molecule has 84 valence electrons. The molecule has 0 aliphatic heterocycles. The highest BCUT2D eigenvalue weighted by Gasteiger charge is 2.13. The Kier molecular flexibility index (Phi) is 2.55. The number of rotatable bonds is 2. The van der Waals surface area contributed by atoms with Crippen LogP contribution in [0.2, 0.25) is 0 Å². The Morgan fingerprint density at radius 1 is 1.38 bits per heavy atom. The monoisotopic (exact) mass is 221 g/mol. The number of imidazole rings is 1. The summed E-state index contributed by atoms with van der Waals surface area (Å²) in [6, 6.07) is 0. The lowest BCUT2D eigenvalue weighted by molar-refractivity contribution is 0.606. The quantitative estimate of drug-likeness (QED) is 0.832. The number of nitrogens with one attached hydrogen (secondary N) is 1. The maximum Gasteiger partial charge on any atom is 0.198 e. The molecule has 6 heteroatoms. The molecule has 0 atom stereocenters. The summed E-state index contributed by atoms with van der Waals surface area (Å²) >= 11 is 0. The molecule has 2 aromatic rings. The molecule has 2 aromatic heterocycles. The van der Waals surface area contributed by atoms with Crippen molar-refractivity contribution in [2.45, 2.75) is 6.92 Å². The number of nitrogens with zero attached hydrogens (tertiary/aromatic N) is 4. The number of anilines is 1. The molecule has 0 unspecified atom stereocenters. The lowest BCUT2D eigenvalue weighted by Crippen LogP contribution is -2.05. The van der Waals surface area contributed by atoms with Crippen molar-refractivity contribution >= 4 is 5.82 Å². The van der Waals surface area contributed by atoms with Crippen molar-refractivity contribution < 1.29 is 4.39 Å². The zero-order valence-electron chi connectivity index (χ0n) is 9.32. The summed E-state index contributed by atoms with van der Waals surface area (Å²) in [6.07, 6.45) is 3.44. The smallest absolute Gasteiger partial charge is 0.198 e. The molecule has 0 spiro atoms. The highest BCUT2D eigenvalue weighted by Crippen LogP contribution is 2.18. The fourth-order valence-corrected chi connectivity index (χ4v) is 1.41. The third kappa shape index (κ3) is 1.62. The molecule has 0 bridgehead atoms. The van der Waals surface area contributed by atoms with Gasteiger partial charge in [0.2, 0.25) is 0 Å². The first-order valence-corrected chi connectivity index (χ1v) is 4.83. The van der Waals surface area contributed by atoms with E-state index in [0.717, 1.165) is 0 Å². The molecule has 0 fully saturated rings. The average Bonchev–Trinajstić information content (AvgIpc) is 2.68. The molecule has 1 N–H and O–H groups in total. The molecule has 0 amide bonds. The van der Waals surface area contributed by atoms with Gasteiger partial charge in [-0.2, -0.15) is 0 Å². The van der Waals surface area contributed by atoms with Gasteiger partial charge in [0.05, 0.1) is 5.69 Å². The Morgan fingerprint density at radius 2 is 2.12 bits per heavy atom. The third-order valence-corrected chi connectivity index (χ3v) is 2.27. The van der Waals surface area contributed by atoms with Crippen molar-refractivity contribution in [2.75, 3.05) is 12.4 Å². The van der Waals surface area contributed by atoms with E-state index in [1.165, 1.54) is 0 Å². The number of hydrogen-bond donors (Lipinski definition) is 1. The van der Waals surface area contributed by atoms with Crippen LogP contribution < -0.4 is 5.32 Å². The summed E-state index contributed by atoms with van der Waals surface area (Å²) in [4.78, 5) is 12.3. The SMILES string of the molecule is CNc1nc(-c2nccn2C)nc(C)c1F. The van der Waals surface area contributed by atoms with Crippen LogP contribution in [0.1, 0.15) is 5.69 Å². The molecule has 16 heavy (non-hydrogen) atoms. The average molecular weight is 221 g/mol. The van der Waals surface area contributed by atoms with Crippen LogP contribution >= 0.6 is 0 Å². The zero-order valence-corrected chi connectivity index (χ0v) is 9.32. The predicted molar refractivity (Wildman–Crippen MR) is 58.5 cm³/mol. The number of halogens is 1. The van der Waals surface area contributed by atoms with E-state index in [1.54, 1.807) is 30.9 Å². The van der Waals surface area contributed by atoms with Crippen LogP contribution in [0.3, 0.4) is 0 Å². The van der Waals surface area contributed by atoms with Crippen LogP contribution in [0.4, 0.5) is 10.2 Å². The van der Waals surface area contributed by atoms with Crippen molar-refractivity contribution in [3.05, 3.63) is 23.9 Å². The molecular weight excluding hydrogens is 209 g/mol. The van der Waals surface area contributed by atoms with E-state index in [-0.39, 0.29) is 5.82 Å². The predicted octanol–water partition coefficient (Wildman–Crippen LogP) is 1.37. The molecule has 2 rings (SSSR count). The second kappa shape index (κ2) is 3.88. The molecular formula is C10H12FN5. The normalized spacial score (nSPS) is 10.5. The summed E-state index contributed by atoms with van der Waals surface area (Å²) in [7, 11) is 3.45. The summed E-state index contributed by atoms with van der Waals surface area (Å²) in [5.74, 6) is 0.779. The first-order chi connectivity index (χ1) is 7.63. The number of hydrogen-bond acceptors (Lipinski definition) is 4. The Morgan fingerprint density at radius 3 is 2.69 bits per heavy atom. The van der Waals surface area contributed by atoms with Crippen LogP contribution in [0, 0.1) is 12.7 Å². The lowest BCUT2D eigenvalue weighted by atomic mass is 10.3. The van der Waals surface area contributed by atoms with E-state index in [2.05, 4.69) is 20.3 Å². The maximum atomic E-state index is 13.5. The molecule has 0 saturated heterocycles. The Labute approximate surface area is 92.4 Å². The highest BCUT2D eigenvalue weighted by atomic mass is 19.1.